The third-order valence-corrected chi connectivity index (χ3v) is 4.88. The van der Waals surface area contributed by atoms with Crippen molar-refractivity contribution in [1.82, 2.24) is 4.98 Å². The molecule has 0 aliphatic carbocycles. The molecule has 1 unspecified atom stereocenters. The molecular weight excluding hydrogens is 272 g/mol. The van der Waals surface area contributed by atoms with Crippen LogP contribution in [0.25, 0.3) is 0 Å². The lowest BCUT2D eigenvalue weighted by Crippen LogP contribution is -2.36. The van der Waals surface area contributed by atoms with E-state index in [4.69, 9.17) is 5.73 Å². The normalized spacial score (nSPS) is 25.1. The van der Waals surface area contributed by atoms with Crippen molar-refractivity contribution in [2.75, 3.05) is 22.6 Å². The number of sulfone groups is 1. The number of pyridine rings is 1. The summed E-state index contributed by atoms with van der Waals surface area (Å²) in [4.78, 5) is 14.1. The zero-order valence-electron chi connectivity index (χ0n) is 10.3. The first-order valence-corrected chi connectivity index (χ1v) is 7.42. The Morgan fingerprint density at radius 1 is 1.53 bits per heavy atom. The Morgan fingerprint density at radius 2 is 2.21 bits per heavy atom. The average Bonchev–Trinajstić information content (AvgIpc) is 2.51. The van der Waals surface area contributed by atoms with E-state index < -0.39 is 20.3 Å². The van der Waals surface area contributed by atoms with Gasteiger partial charge in [-0.05, 0) is 13.3 Å². The Bertz CT molecular complexity index is 630. The van der Waals surface area contributed by atoms with Gasteiger partial charge in [-0.2, -0.15) is 0 Å². The molecule has 9 heteroatoms. The van der Waals surface area contributed by atoms with Crippen molar-refractivity contribution in [2.45, 2.75) is 18.9 Å². The fourth-order valence-corrected chi connectivity index (χ4v) is 4.22. The molecule has 2 heterocycles. The van der Waals surface area contributed by atoms with Gasteiger partial charge in [-0.3, -0.25) is 10.1 Å². The highest BCUT2D eigenvalue weighted by molar-refractivity contribution is 7.91. The Kier molecular flexibility index (Phi) is 3.09. The van der Waals surface area contributed by atoms with E-state index in [0.29, 0.717) is 6.42 Å². The van der Waals surface area contributed by atoms with Crippen LogP contribution in [-0.4, -0.2) is 35.4 Å². The number of nitrogens with one attached hydrogen (secondary N) is 1. The maximum absolute atomic E-state index is 11.5. The highest BCUT2D eigenvalue weighted by atomic mass is 32.2. The lowest BCUT2D eigenvalue weighted by atomic mass is 10.0. The number of nitrogens with zero attached hydrogens (tertiary/aromatic N) is 2. The molecule has 1 aromatic rings. The van der Waals surface area contributed by atoms with Gasteiger partial charge in [-0.25, -0.2) is 13.4 Å². The highest BCUT2D eigenvalue weighted by Gasteiger charge is 2.38. The molecule has 2 rings (SSSR count). The van der Waals surface area contributed by atoms with E-state index in [9.17, 15) is 18.5 Å². The van der Waals surface area contributed by atoms with E-state index in [-0.39, 0.29) is 28.8 Å². The van der Waals surface area contributed by atoms with E-state index in [1.165, 1.54) is 6.07 Å². The molecule has 0 amide bonds. The summed E-state index contributed by atoms with van der Waals surface area (Å²) < 4.78 is 23.0. The fourth-order valence-electron chi connectivity index (χ4n) is 2.12. The second-order valence-electron chi connectivity index (χ2n) is 4.92. The standard InChI is InChI=1S/C10H14N4O4S/c1-10(2-3-19(17,18)6-10)13-9-5-7(14(15)16)4-8(11)12-9/h4-5H,2-3,6H2,1H3,(H3,11,12,13). The van der Waals surface area contributed by atoms with Gasteiger partial charge in [0.2, 0.25) is 0 Å². The highest BCUT2D eigenvalue weighted by Crippen LogP contribution is 2.28. The molecule has 0 radical (unpaired) electrons. The molecule has 1 aromatic heterocycles. The number of nitrogens with two attached hydrogens (primary N) is 1. The summed E-state index contributed by atoms with van der Waals surface area (Å²) in [5.41, 5.74) is 4.64. The monoisotopic (exact) mass is 286 g/mol. The molecule has 8 nitrogen and oxygen atoms in total. The summed E-state index contributed by atoms with van der Waals surface area (Å²) in [6, 6.07) is 2.39. The van der Waals surface area contributed by atoms with Gasteiger partial charge in [0.15, 0.2) is 9.84 Å². The molecule has 0 spiro atoms. The van der Waals surface area contributed by atoms with Gasteiger partial charge in [0.25, 0.3) is 5.69 Å². The molecule has 1 aliphatic heterocycles. The SMILES string of the molecule is CC1(Nc2cc([N+](=O)[O-])cc(N)n2)CCS(=O)(=O)C1. The molecule has 19 heavy (non-hydrogen) atoms. The van der Waals surface area contributed by atoms with Gasteiger partial charge < -0.3 is 11.1 Å². The Balaban J connectivity index is 2.27. The minimum atomic E-state index is -3.07. The zero-order valence-corrected chi connectivity index (χ0v) is 11.1. The van der Waals surface area contributed by atoms with Crippen molar-refractivity contribution < 1.29 is 13.3 Å². The summed E-state index contributed by atoms with van der Waals surface area (Å²) in [6.45, 7) is 1.74. The van der Waals surface area contributed by atoms with Crippen LogP contribution in [0.5, 0.6) is 0 Å². The number of nitrogen functional groups attached to an aromatic ring is 1. The second kappa shape index (κ2) is 4.34. The first kappa shape index (κ1) is 13.5. The molecule has 1 atom stereocenters. The van der Waals surface area contributed by atoms with Crippen LogP contribution < -0.4 is 11.1 Å². The number of nitro groups is 1. The molecule has 1 aliphatic rings. The summed E-state index contributed by atoms with van der Waals surface area (Å²) in [6.07, 6.45) is 0.430. The summed E-state index contributed by atoms with van der Waals surface area (Å²) in [5.74, 6) is 0.304. The summed E-state index contributed by atoms with van der Waals surface area (Å²) >= 11 is 0. The predicted octanol–water partition coefficient (Wildman–Crippen LogP) is 0.561. The molecule has 0 aromatic carbocycles. The smallest absolute Gasteiger partial charge is 0.276 e. The Morgan fingerprint density at radius 3 is 2.74 bits per heavy atom. The van der Waals surface area contributed by atoms with Crippen LogP contribution in [0.2, 0.25) is 0 Å². The molecule has 1 saturated heterocycles. The van der Waals surface area contributed by atoms with Crippen LogP contribution in [-0.2, 0) is 9.84 Å². The van der Waals surface area contributed by atoms with Crippen molar-refractivity contribution in [2.24, 2.45) is 0 Å². The molecule has 104 valence electrons. The van der Waals surface area contributed by atoms with Crippen molar-refractivity contribution in [3.05, 3.63) is 22.2 Å². The number of hydrogen-bond acceptors (Lipinski definition) is 7. The molecule has 0 saturated carbocycles. The van der Waals surface area contributed by atoms with E-state index in [0.717, 1.165) is 6.07 Å². The number of aromatic nitrogens is 1. The van der Waals surface area contributed by atoms with Gasteiger partial charge >= 0.3 is 0 Å². The quantitative estimate of drug-likeness (QED) is 0.613. The minimum absolute atomic E-state index is 0.0150. The van der Waals surface area contributed by atoms with Crippen molar-refractivity contribution in [3.8, 4) is 0 Å². The van der Waals surface area contributed by atoms with Crippen LogP contribution in [0.1, 0.15) is 13.3 Å². The second-order valence-corrected chi connectivity index (χ2v) is 7.10. The molecule has 1 fully saturated rings. The minimum Gasteiger partial charge on any atom is -0.383 e. The third-order valence-electron chi connectivity index (χ3n) is 2.97. The van der Waals surface area contributed by atoms with Gasteiger partial charge in [-0.1, -0.05) is 0 Å². The Labute approximate surface area is 110 Å². The lowest BCUT2D eigenvalue weighted by molar-refractivity contribution is -0.384. The first-order chi connectivity index (χ1) is 8.69. The van der Waals surface area contributed by atoms with Crippen molar-refractivity contribution in [1.29, 1.82) is 0 Å². The van der Waals surface area contributed by atoms with Crippen molar-refractivity contribution in [3.63, 3.8) is 0 Å². The average molecular weight is 286 g/mol. The van der Waals surface area contributed by atoms with E-state index in [1.54, 1.807) is 6.92 Å². The number of hydrogen-bond donors (Lipinski definition) is 2. The topological polar surface area (TPSA) is 128 Å². The van der Waals surface area contributed by atoms with Gasteiger partial charge in [0.05, 0.1) is 34.1 Å². The molecule has 3 N–H and O–H groups in total. The van der Waals surface area contributed by atoms with Gasteiger partial charge in [0, 0.05) is 0 Å². The van der Waals surface area contributed by atoms with Gasteiger partial charge in [0.1, 0.15) is 11.6 Å². The Hall–Kier alpha value is -1.90. The predicted molar refractivity (Wildman–Crippen MR) is 70.6 cm³/mol. The van der Waals surface area contributed by atoms with Gasteiger partial charge in [-0.15, -0.1) is 0 Å². The number of anilines is 2. The van der Waals surface area contributed by atoms with E-state index >= 15 is 0 Å². The summed E-state index contributed by atoms with van der Waals surface area (Å²) in [7, 11) is -3.07. The van der Waals surface area contributed by atoms with Crippen LogP contribution in [0.4, 0.5) is 17.3 Å². The lowest BCUT2D eigenvalue weighted by Gasteiger charge is -2.24. The summed E-state index contributed by atoms with van der Waals surface area (Å²) in [5, 5.41) is 13.7. The van der Waals surface area contributed by atoms with Crippen LogP contribution >= 0.6 is 0 Å². The third kappa shape index (κ3) is 3.11. The van der Waals surface area contributed by atoms with E-state index in [2.05, 4.69) is 10.3 Å². The maximum atomic E-state index is 11.5. The fraction of sp³-hybridized carbons (Fsp3) is 0.500. The maximum Gasteiger partial charge on any atom is 0.276 e. The molecule has 0 bridgehead atoms. The van der Waals surface area contributed by atoms with Crippen LogP contribution in [0.3, 0.4) is 0 Å². The van der Waals surface area contributed by atoms with E-state index in [1.807, 2.05) is 0 Å². The molecular formula is C10H14N4O4S. The zero-order chi connectivity index (χ0) is 14.3. The number of rotatable bonds is 3. The van der Waals surface area contributed by atoms with Crippen LogP contribution in [0.15, 0.2) is 12.1 Å². The van der Waals surface area contributed by atoms with Crippen molar-refractivity contribution >= 4 is 27.2 Å². The largest absolute Gasteiger partial charge is 0.383 e. The van der Waals surface area contributed by atoms with Crippen LogP contribution in [0, 0.1) is 10.1 Å². The first-order valence-electron chi connectivity index (χ1n) is 5.60.